The molecular weight excluding hydrogens is 495 g/mol. The van der Waals surface area contributed by atoms with Crippen molar-refractivity contribution in [1.29, 1.82) is 0 Å². The third-order valence-electron chi connectivity index (χ3n) is 6.90. The number of Topliss-reactive ketones (excluding diaryl/α,β-unsaturated/α-hetero) is 1. The standard InChI is InChI=1S/C25H34F3N3O2S2/c1-16-29-13-20(34-16)12-19(32)11-18-5-3-17(4-6-18)7-9-31-10-8-22-23(21(26)14-31)30-24(35-22)33-15-25(2,27)28/h13,17-18,21H,3-12,14-15H2,1-2H3. The number of ether oxygens (including phenoxy) is 1. The Balaban J connectivity index is 1.16. The van der Waals surface area contributed by atoms with Gasteiger partial charge in [0.2, 0.25) is 0 Å². The van der Waals surface area contributed by atoms with Crippen LogP contribution in [0.2, 0.25) is 0 Å². The summed E-state index contributed by atoms with van der Waals surface area (Å²) in [6, 6.07) is 0. The zero-order chi connectivity index (χ0) is 25.0. The SMILES string of the molecule is Cc1ncc(CC(=O)CC2CCC(CCN3CCc4sc(OCC(C)(F)F)nc4C(F)C3)CC2)s1. The van der Waals surface area contributed by atoms with E-state index in [0.717, 1.165) is 66.9 Å². The summed E-state index contributed by atoms with van der Waals surface area (Å²) < 4.78 is 46.1. The van der Waals surface area contributed by atoms with Crippen LogP contribution in [0.15, 0.2) is 6.20 Å². The maximum Gasteiger partial charge on any atom is 0.278 e. The molecule has 1 aliphatic carbocycles. The number of aryl methyl sites for hydroxylation is 1. The molecule has 0 aromatic carbocycles. The Labute approximate surface area is 213 Å². The van der Waals surface area contributed by atoms with Crippen LogP contribution >= 0.6 is 22.7 Å². The lowest BCUT2D eigenvalue weighted by molar-refractivity contribution is -0.119. The molecular formula is C25H34F3N3O2S2. The molecule has 1 aliphatic heterocycles. The highest BCUT2D eigenvalue weighted by atomic mass is 32.1. The van der Waals surface area contributed by atoms with Crippen LogP contribution in [0, 0.1) is 18.8 Å². The van der Waals surface area contributed by atoms with Crippen LogP contribution in [-0.4, -0.2) is 52.8 Å². The van der Waals surface area contributed by atoms with Gasteiger partial charge in [-0.1, -0.05) is 24.2 Å². The molecule has 0 saturated heterocycles. The van der Waals surface area contributed by atoms with E-state index in [4.69, 9.17) is 4.74 Å². The molecule has 0 N–H and O–H groups in total. The largest absolute Gasteiger partial charge is 0.464 e. The van der Waals surface area contributed by atoms with Gasteiger partial charge < -0.3 is 4.74 Å². The number of carbonyl (C=O) groups excluding carboxylic acids is 1. The first-order valence-electron chi connectivity index (χ1n) is 12.4. The monoisotopic (exact) mass is 529 g/mol. The summed E-state index contributed by atoms with van der Waals surface area (Å²) in [6.07, 6.45) is 7.88. The van der Waals surface area contributed by atoms with Gasteiger partial charge in [0.15, 0.2) is 12.8 Å². The van der Waals surface area contributed by atoms with E-state index in [9.17, 15) is 18.0 Å². The molecule has 5 nitrogen and oxygen atoms in total. The number of nitrogens with zero attached hydrogens (tertiary/aromatic N) is 3. The second kappa shape index (κ2) is 11.7. The van der Waals surface area contributed by atoms with Crippen LogP contribution in [0.3, 0.4) is 0 Å². The van der Waals surface area contributed by atoms with Gasteiger partial charge in [-0.25, -0.2) is 23.1 Å². The summed E-state index contributed by atoms with van der Waals surface area (Å²) in [5.74, 6) is -1.53. The minimum absolute atomic E-state index is 0.130. The minimum Gasteiger partial charge on any atom is -0.464 e. The van der Waals surface area contributed by atoms with Gasteiger partial charge in [-0.15, -0.1) is 11.3 Å². The summed E-state index contributed by atoms with van der Waals surface area (Å²) in [7, 11) is 0. The van der Waals surface area contributed by atoms with Crippen LogP contribution in [0.1, 0.15) is 72.1 Å². The van der Waals surface area contributed by atoms with Crippen LogP contribution < -0.4 is 4.74 Å². The molecule has 1 saturated carbocycles. The number of aromatic nitrogens is 2. The molecule has 0 bridgehead atoms. The number of alkyl halides is 3. The van der Waals surface area contributed by atoms with Crippen LogP contribution in [0.4, 0.5) is 13.2 Å². The molecule has 1 atom stereocenters. The topological polar surface area (TPSA) is 55.3 Å². The van der Waals surface area contributed by atoms with Gasteiger partial charge >= 0.3 is 0 Å². The van der Waals surface area contributed by atoms with E-state index in [0.29, 0.717) is 42.6 Å². The number of thiazole rings is 2. The van der Waals surface area contributed by atoms with E-state index >= 15 is 0 Å². The van der Waals surface area contributed by atoms with Crippen molar-refractivity contribution >= 4 is 28.5 Å². The lowest BCUT2D eigenvalue weighted by Crippen LogP contribution is -2.30. The smallest absolute Gasteiger partial charge is 0.278 e. The summed E-state index contributed by atoms with van der Waals surface area (Å²) >= 11 is 2.78. The molecule has 2 aromatic heterocycles. The number of rotatable bonds is 10. The van der Waals surface area contributed by atoms with Crippen molar-refractivity contribution in [2.24, 2.45) is 11.8 Å². The molecule has 10 heteroatoms. The summed E-state index contributed by atoms with van der Waals surface area (Å²) in [5, 5.41) is 1.13. The second-order valence-electron chi connectivity index (χ2n) is 10.1. The summed E-state index contributed by atoms with van der Waals surface area (Å²) in [5.41, 5.74) is 0.352. The quantitative estimate of drug-likeness (QED) is 0.366. The number of ketones is 1. The Bertz CT molecular complexity index is 983. The molecule has 1 fully saturated rings. The number of fused-ring (bicyclic) bond motifs is 1. The Morgan fingerprint density at radius 3 is 2.66 bits per heavy atom. The van der Waals surface area contributed by atoms with E-state index in [2.05, 4.69) is 14.9 Å². The van der Waals surface area contributed by atoms with E-state index in [1.165, 1.54) is 11.3 Å². The zero-order valence-electron chi connectivity index (χ0n) is 20.4. The number of carbonyl (C=O) groups is 1. The van der Waals surface area contributed by atoms with E-state index in [1.54, 1.807) is 11.3 Å². The predicted octanol–water partition coefficient (Wildman–Crippen LogP) is 6.21. The van der Waals surface area contributed by atoms with Crippen molar-refractivity contribution in [1.82, 2.24) is 14.9 Å². The highest BCUT2D eigenvalue weighted by Gasteiger charge is 2.30. The van der Waals surface area contributed by atoms with E-state index in [1.807, 2.05) is 13.1 Å². The fourth-order valence-corrected chi connectivity index (χ4v) is 6.81. The minimum atomic E-state index is -2.94. The van der Waals surface area contributed by atoms with Crippen molar-refractivity contribution in [3.8, 4) is 5.19 Å². The first-order chi connectivity index (χ1) is 16.6. The molecule has 1 unspecified atom stereocenters. The van der Waals surface area contributed by atoms with Crippen molar-refractivity contribution in [2.75, 3.05) is 26.2 Å². The van der Waals surface area contributed by atoms with Gasteiger partial charge in [-0.2, -0.15) is 0 Å². The normalized spacial score (nSPS) is 23.6. The van der Waals surface area contributed by atoms with Crippen molar-refractivity contribution in [3.63, 3.8) is 0 Å². The third-order valence-corrected chi connectivity index (χ3v) is 8.86. The first-order valence-corrected chi connectivity index (χ1v) is 14.1. The predicted molar refractivity (Wildman–Crippen MR) is 132 cm³/mol. The third kappa shape index (κ3) is 7.98. The van der Waals surface area contributed by atoms with Gasteiger partial charge in [0.05, 0.1) is 10.7 Å². The Hall–Kier alpha value is -1.52. The fourth-order valence-electron chi connectivity index (χ4n) is 5.05. The molecule has 4 rings (SSSR count). The van der Waals surface area contributed by atoms with Crippen LogP contribution in [0.25, 0.3) is 0 Å². The lowest BCUT2D eigenvalue weighted by atomic mass is 9.78. The Morgan fingerprint density at radius 2 is 1.97 bits per heavy atom. The number of hydrogen-bond donors (Lipinski definition) is 0. The number of halogens is 3. The highest BCUT2D eigenvalue weighted by Crippen LogP contribution is 2.36. The molecule has 2 aromatic rings. The number of hydrogen-bond acceptors (Lipinski definition) is 7. The van der Waals surface area contributed by atoms with Crippen LogP contribution in [-0.2, 0) is 17.6 Å². The molecule has 0 spiro atoms. The van der Waals surface area contributed by atoms with Gasteiger partial charge in [0.1, 0.15) is 5.78 Å². The van der Waals surface area contributed by atoms with E-state index < -0.39 is 18.7 Å². The second-order valence-corrected chi connectivity index (χ2v) is 12.5. The van der Waals surface area contributed by atoms with Gasteiger partial charge in [-0.05, 0) is 51.0 Å². The van der Waals surface area contributed by atoms with Gasteiger partial charge in [0.25, 0.3) is 11.1 Å². The molecule has 194 valence electrons. The summed E-state index contributed by atoms with van der Waals surface area (Å²) in [6.45, 7) is 3.87. The van der Waals surface area contributed by atoms with Crippen molar-refractivity contribution in [3.05, 3.63) is 26.7 Å². The Morgan fingerprint density at radius 1 is 1.23 bits per heavy atom. The van der Waals surface area contributed by atoms with Crippen LogP contribution in [0.5, 0.6) is 5.19 Å². The average molecular weight is 530 g/mol. The summed E-state index contributed by atoms with van der Waals surface area (Å²) in [4.78, 5) is 24.8. The van der Waals surface area contributed by atoms with Crippen molar-refractivity contribution in [2.45, 2.75) is 77.3 Å². The lowest BCUT2D eigenvalue weighted by Gasteiger charge is -2.30. The molecule has 3 heterocycles. The highest BCUT2D eigenvalue weighted by molar-refractivity contribution is 7.13. The molecule has 0 amide bonds. The average Bonchev–Trinajstić information content (AvgIpc) is 3.36. The molecule has 0 radical (unpaired) electrons. The molecule has 2 aliphatic rings. The Kier molecular flexibility index (Phi) is 8.86. The molecule has 35 heavy (non-hydrogen) atoms. The van der Waals surface area contributed by atoms with E-state index in [-0.39, 0.29) is 11.7 Å². The maximum atomic E-state index is 14.9. The first kappa shape index (κ1) is 26.5. The zero-order valence-corrected chi connectivity index (χ0v) is 22.0. The van der Waals surface area contributed by atoms with Gasteiger partial charge in [-0.3, -0.25) is 9.69 Å². The fraction of sp³-hybridized carbons (Fsp3) is 0.720. The van der Waals surface area contributed by atoms with Gasteiger partial charge in [0, 0.05) is 48.8 Å². The maximum absolute atomic E-state index is 14.9. The van der Waals surface area contributed by atoms with Crippen molar-refractivity contribution < 1.29 is 22.7 Å².